The molecule has 0 N–H and O–H groups in total. The minimum absolute atomic E-state index is 0.0133. The summed E-state index contributed by atoms with van der Waals surface area (Å²) in [5.41, 5.74) is 1.51. The molecule has 166 valence electrons. The summed E-state index contributed by atoms with van der Waals surface area (Å²) in [6.45, 7) is 4.53. The lowest BCUT2D eigenvalue weighted by Crippen LogP contribution is -2.14. The average molecular weight is 431 g/mol. The predicted molar refractivity (Wildman–Crippen MR) is 116 cm³/mol. The van der Waals surface area contributed by atoms with Crippen molar-refractivity contribution in [2.45, 2.75) is 46.0 Å². The molecule has 0 heterocycles. The van der Waals surface area contributed by atoms with Gasteiger partial charge >= 0.3 is 0 Å². The molecule has 0 aliphatic heterocycles. The van der Waals surface area contributed by atoms with E-state index in [4.69, 9.17) is 9.47 Å². The van der Waals surface area contributed by atoms with Gasteiger partial charge in [-0.3, -0.25) is 0 Å². The van der Waals surface area contributed by atoms with Crippen LogP contribution in [0.15, 0.2) is 42.0 Å². The third-order valence-corrected chi connectivity index (χ3v) is 6.74. The van der Waals surface area contributed by atoms with E-state index in [9.17, 15) is 13.2 Å². The summed E-state index contributed by atoms with van der Waals surface area (Å²) >= 11 is 0. The Kier molecular flexibility index (Phi) is 6.59. The molecular weight excluding hydrogens is 401 g/mol. The van der Waals surface area contributed by atoms with Crippen LogP contribution < -0.4 is 9.47 Å². The Morgan fingerprint density at radius 1 is 0.935 bits per heavy atom. The molecule has 0 radical (unpaired) electrons. The molecule has 0 aromatic heterocycles. The normalized spacial score (nSPS) is 22.4. The Morgan fingerprint density at radius 3 is 2.48 bits per heavy atom. The van der Waals surface area contributed by atoms with Crippen LogP contribution in [0.3, 0.4) is 0 Å². The van der Waals surface area contributed by atoms with Crippen LogP contribution in [0.4, 0.5) is 13.2 Å². The first-order valence-corrected chi connectivity index (χ1v) is 11.3. The number of ether oxygens (including phenoxy) is 2. The van der Waals surface area contributed by atoms with E-state index in [0.29, 0.717) is 18.4 Å². The van der Waals surface area contributed by atoms with Gasteiger partial charge in [0.1, 0.15) is 6.61 Å². The quantitative estimate of drug-likeness (QED) is 0.409. The van der Waals surface area contributed by atoms with Gasteiger partial charge in [0, 0.05) is 5.56 Å². The van der Waals surface area contributed by atoms with Crippen LogP contribution in [-0.4, -0.2) is 13.2 Å². The Hall–Kier alpha value is -2.43. The Morgan fingerprint density at radius 2 is 1.74 bits per heavy atom. The van der Waals surface area contributed by atoms with Crippen molar-refractivity contribution in [1.82, 2.24) is 0 Å². The van der Waals surface area contributed by atoms with E-state index in [1.54, 1.807) is 13.0 Å². The highest BCUT2D eigenvalue weighted by atomic mass is 19.2. The van der Waals surface area contributed by atoms with E-state index >= 15 is 0 Å². The highest BCUT2D eigenvalue weighted by molar-refractivity contribution is 5.66. The Labute approximate surface area is 182 Å². The first-order valence-electron chi connectivity index (χ1n) is 11.3. The number of hydrogen-bond donors (Lipinski definition) is 0. The highest BCUT2D eigenvalue weighted by Gasteiger charge is 2.40. The van der Waals surface area contributed by atoms with Gasteiger partial charge in [0.05, 0.1) is 6.61 Å². The topological polar surface area (TPSA) is 18.5 Å². The maximum Gasteiger partial charge on any atom is 0.201 e. The molecule has 0 bridgehead atoms. The van der Waals surface area contributed by atoms with E-state index in [0.717, 1.165) is 12.3 Å². The van der Waals surface area contributed by atoms with Gasteiger partial charge in [-0.15, -0.1) is 0 Å². The summed E-state index contributed by atoms with van der Waals surface area (Å²) in [5.74, 6) is -0.669. The molecule has 0 amide bonds. The van der Waals surface area contributed by atoms with Crippen molar-refractivity contribution < 1.29 is 22.6 Å². The highest BCUT2D eigenvalue weighted by Crippen LogP contribution is 2.49. The number of hydrogen-bond acceptors (Lipinski definition) is 2. The van der Waals surface area contributed by atoms with Crippen molar-refractivity contribution in [3.05, 3.63) is 59.4 Å². The number of benzene rings is 2. The standard InChI is InChI=1S/C26H29F3O2/c1-3-5-16-6-9-20-18(7-10-19(16)20)15-31-23-12-8-17(14-22(23)27)21-11-13-24(30-4-2)26(29)25(21)28/h7-8,11-14,16,19-20H,3-6,9-10,15H2,1-2H3. The van der Waals surface area contributed by atoms with Crippen LogP contribution >= 0.6 is 0 Å². The Bertz CT molecular complexity index is 969. The van der Waals surface area contributed by atoms with Gasteiger partial charge in [-0.05, 0) is 79.3 Å². The number of halogens is 3. The second-order valence-electron chi connectivity index (χ2n) is 8.52. The summed E-state index contributed by atoms with van der Waals surface area (Å²) < 4.78 is 54.2. The molecule has 1 fully saturated rings. The van der Waals surface area contributed by atoms with E-state index in [1.165, 1.54) is 55.5 Å². The van der Waals surface area contributed by atoms with Crippen molar-refractivity contribution in [3.63, 3.8) is 0 Å². The van der Waals surface area contributed by atoms with Crippen LogP contribution in [0.25, 0.3) is 11.1 Å². The summed E-state index contributed by atoms with van der Waals surface area (Å²) in [6, 6.07) is 6.98. The molecule has 2 aromatic rings. The van der Waals surface area contributed by atoms with Crippen LogP contribution in [0.5, 0.6) is 11.5 Å². The van der Waals surface area contributed by atoms with Gasteiger partial charge in [0.15, 0.2) is 23.1 Å². The minimum Gasteiger partial charge on any atom is -0.491 e. The molecule has 1 saturated carbocycles. The van der Waals surface area contributed by atoms with Gasteiger partial charge in [-0.2, -0.15) is 4.39 Å². The maximum atomic E-state index is 14.7. The first-order chi connectivity index (χ1) is 15.0. The molecule has 31 heavy (non-hydrogen) atoms. The second kappa shape index (κ2) is 9.37. The lowest BCUT2D eigenvalue weighted by Gasteiger charge is -2.19. The van der Waals surface area contributed by atoms with Crippen molar-refractivity contribution in [1.29, 1.82) is 0 Å². The molecule has 2 nitrogen and oxygen atoms in total. The smallest absolute Gasteiger partial charge is 0.201 e. The van der Waals surface area contributed by atoms with Crippen molar-refractivity contribution in [2.24, 2.45) is 17.8 Å². The molecule has 3 atom stereocenters. The molecule has 3 unspecified atom stereocenters. The van der Waals surface area contributed by atoms with E-state index in [1.807, 2.05) is 0 Å². The molecule has 4 rings (SSSR count). The van der Waals surface area contributed by atoms with Gasteiger partial charge < -0.3 is 9.47 Å². The van der Waals surface area contributed by atoms with Crippen molar-refractivity contribution in [3.8, 4) is 22.6 Å². The van der Waals surface area contributed by atoms with Crippen LogP contribution in [0.1, 0.15) is 46.0 Å². The zero-order valence-electron chi connectivity index (χ0n) is 18.1. The van der Waals surface area contributed by atoms with Gasteiger partial charge in [0.2, 0.25) is 5.82 Å². The Balaban J connectivity index is 1.44. The molecule has 2 aliphatic carbocycles. The predicted octanol–water partition coefficient (Wildman–Crippen LogP) is 7.32. The largest absolute Gasteiger partial charge is 0.491 e. The van der Waals surface area contributed by atoms with Gasteiger partial charge in [-0.1, -0.05) is 31.9 Å². The van der Waals surface area contributed by atoms with Crippen LogP contribution in [0, 0.1) is 35.2 Å². The van der Waals surface area contributed by atoms with Crippen LogP contribution in [-0.2, 0) is 0 Å². The molecule has 2 aliphatic rings. The monoisotopic (exact) mass is 430 g/mol. The lowest BCUT2D eigenvalue weighted by molar-refractivity contribution is 0.298. The van der Waals surface area contributed by atoms with E-state index in [2.05, 4.69) is 13.0 Å². The SMILES string of the molecule is CCCC1CCC2C(COc3ccc(-c4ccc(OCC)c(F)c4F)cc3F)=CCC12. The van der Waals surface area contributed by atoms with E-state index < -0.39 is 17.5 Å². The molecule has 0 spiro atoms. The lowest BCUT2D eigenvalue weighted by atomic mass is 9.87. The third kappa shape index (κ3) is 4.32. The molecule has 2 aromatic carbocycles. The van der Waals surface area contributed by atoms with Crippen molar-refractivity contribution >= 4 is 0 Å². The molecule has 5 heteroatoms. The summed E-state index contributed by atoms with van der Waals surface area (Å²) in [5, 5.41) is 0. The fourth-order valence-electron chi connectivity index (χ4n) is 5.27. The number of allylic oxidation sites excluding steroid dienone is 1. The fourth-order valence-corrected chi connectivity index (χ4v) is 5.27. The molecule has 0 saturated heterocycles. The van der Waals surface area contributed by atoms with E-state index in [-0.39, 0.29) is 29.2 Å². The maximum absolute atomic E-state index is 14.7. The number of fused-ring (bicyclic) bond motifs is 1. The van der Waals surface area contributed by atoms with Crippen LogP contribution in [0.2, 0.25) is 0 Å². The fraction of sp³-hybridized carbons (Fsp3) is 0.462. The zero-order valence-corrected chi connectivity index (χ0v) is 18.1. The summed E-state index contributed by atoms with van der Waals surface area (Å²) in [4.78, 5) is 0. The zero-order chi connectivity index (χ0) is 22.0. The molecular formula is C26H29F3O2. The second-order valence-corrected chi connectivity index (χ2v) is 8.52. The van der Waals surface area contributed by atoms with Gasteiger partial charge in [0.25, 0.3) is 0 Å². The first kappa shape index (κ1) is 21.8. The van der Waals surface area contributed by atoms with Crippen molar-refractivity contribution in [2.75, 3.05) is 13.2 Å². The summed E-state index contributed by atoms with van der Waals surface area (Å²) in [7, 11) is 0. The summed E-state index contributed by atoms with van der Waals surface area (Å²) in [6.07, 6.45) is 8.32. The minimum atomic E-state index is -1.07. The van der Waals surface area contributed by atoms with Gasteiger partial charge in [-0.25, -0.2) is 8.78 Å². The number of rotatable bonds is 8. The third-order valence-electron chi connectivity index (χ3n) is 6.74. The average Bonchev–Trinajstić information content (AvgIpc) is 3.34.